The van der Waals surface area contributed by atoms with E-state index >= 15 is 0 Å². The summed E-state index contributed by atoms with van der Waals surface area (Å²) in [4.78, 5) is 7.11. The second kappa shape index (κ2) is 8.01. The lowest BCUT2D eigenvalue weighted by Crippen LogP contribution is -2.42. The maximum absolute atomic E-state index is 5.16. The molecular weight excluding hydrogens is 202 g/mol. The first-order valence-corrected chi connectivity index (χ1v) is 6.39. The summed E-state index contributed by atoms with van der Waals surface area (Å²) in [6.45, 7) is 12.4. The Morgan fingerprint density at radius 2 is 1.25 bits per heavy atom. The van der Waals surface area contributed by atoms with Gasteiger partial charge in [-0.05, 0) is 20.6 Å². The summed E-state index contributed by atoms with van der Waals surface area (Å²) in [7, 11) is 4.35. The smallest absolute Gasteiger partial charge is 0.0594 e. The van der Waals surface area contributed by atoms with Crippen molar-refractivity contribution in [3.8, 4) is 0 Å². The van der Waals surface area contributed by atoms with E-state index in [0.29, 0.717) is 0 Å². The van der Waals surface area contributed by atoms with E-state index in [-0.39, 0.29) is 0 Å². The normalized spacial score (nSPS) is 24.9. The molecule has 2 heterocycles. The third-order valence-corrected chi connectivity index (χ3v) is 3.28. The molecule has 2 rings (SSSR count). The Morgan fingerprint density at radius 1 is 0.812 bits per heavy atom. The van der Waals surface area contributed by atoms with Crippen LogP contribution in [0.2, 0.25) is 0 Å². The van der Waals surface area contributed by atoms with E-state index in [1.54, 1.807) is 0 Å². The highest BCUT2D eigenvalue weighted by Crippen LogP contribution is 1.94. The third kappa shape index (κ3) is 5.80. The van der Waals surface area contributed by atoms with Crippen LogP contribution in [0.15, 0.2) is 0 Å². The molecule has 2 fully saturated rings. The molecule has 2 saturated heterocycles. The average Bonchev–Trinajstić information content (AvgIpc) is 2.35. The minimum Gasteiger partial charge on any atom is -0.379 e. The molecule has 16 heavy (non-hydrogen) atoms. The van der Waals surface area contributed by atoms with Gasteiger partial charge in [-0.3, -0.25) is 4.90 Å². The van der Waals surface area contributed by atoms with Crippen molar-refractivity contribution < 1.29 is 4.74 Å². The zero-order valence-corrected chi connectivity index (χ0v) is 11.1. The van der Waals surface area contributed by atoms with E-state index in [4.69, 9.17) is 4.74 Å². The third-order valence-electron chi connectivity index (χ3n) is 3.28. The molecule has 0 aliphatic carbocycles. The molecule has 0 N–H and O–H groups in total. The minimum absolute atomic E-state index is 0.924. The van der Waals surface area contributed by atoms with Gasteiger partial charge >= 0.3 is 0 Å². The number of nitrogens with zero attached hydrogens (tertiary/aromatic N) is 3. The summed E-state index contributed by atoms with van der Waals surface area (Å²) in [6, 6.07) is 0. The Morgan fingerprint density at radius 3 is 1.56 bits per heavy atom. The lowest BCUT2D eigenvalue weighted by molar-refractivity contribution is 0.0405. The first kappa shape index (κ1) is 13.9. The number of likely N-dealkylation sites (N-methyl/N-ethyl adjacent to an activating group) is 3. The fraction of sp³-hybridized carbons (Fsp3) is 1.00. The maximum Gasteiger partial charge on any atom is 0.0594 e. The molecule has 0 unspecified atom stereocenters. The maximum atomic E-state index is 5.16. The van der Waals surface area contributed by atoms with Gasteiger partial charge in [0.15, 0.2) is 0 Å². The first-order chi connectivity index (χ1) is 7.72. The van der Waals surface area contributed by atoms with Gasteiger partial charge in [-0.25, -0.2) is 0 Å². The van der Waals surface area contributed by atoms with Crippen LogP contribution in [0, 0.1) is 0 Å². The Bertz CT molecular complexity index is 154. The topological polar surface area (TPSA) is 19.0 Å². The summed E-state index contributed by atoms with van der Waals surface area (Å²) in [6.07, 6.45) is 0. The van der Waals surface area contributed by atoms with E-state index < -0.39 is 0 Å². The molecule has 4 nitrogen and oxygen atoms in total. The van der Waals surface area contributed by atoms with Crippen LogP contribution in [0.3, 0.4) is 0 Å². The van der Waals surface area contributed by atoms with Crippen molar-refractivity contribution in [2.75, 3.05) is 73.1 Å². The largest absolute Gasteiger partial charge is 0.379 e. The number of ether oxygens (including phenoxy) is 1. The van der Waals surface area contributed by atoms with Gasteiger partial charge in [0.05, 0.1) is 13.2 Å². The van der Waals surface area contributed by atoms with Gasteiger partial charge in [0.25, 0.3) is 0 Å². The molecule has 0 aromatic carbocycles. The van der Waals surface area contributed by atoms with Crippen molar-refractivity contribution in [2.45, 2.75) is 6.92 Å². The standard InChI is InChI=1S/C6H14N2.C6H13NO/c1-7-3-5-8(2)6-4-7;1-2-7-3-5-8-6-4-7/h3-6H2,1-2H3;2-6H2,1H3. The molecule has 0 spiro atoms. The van der Waals surface area contributed by atoms with Gasteiger partial charge in [-0.1, -0.05) is 6.92 Å². The van der Waals surface area contributed by atoms with Gasteiger partial charge in [0.1, 0.15) is 0 Å². The second-order valence-electron chi connectivity index (χ2n) is 4.65. The molecule has 4 heteroatoms. The van der Waals surface area contributed by atoms with Gasteiger partial charge in [0, 0.05) is 39.3 Å². The van der Waals surface area contributed by atoms with Crippen LogP contribution in [0.4, 0.5) is 0 Å². The number of hydrogen-bond donors (Lipinski definition) is 0. The van der Waals surface area contributed by atoms with Crippen molar-refractivity contribution in [1.29, 1.82) is 0 Å². The van der Waals surface area contributed by atoms with Crippen molar-refractivity contribution in [3.63, 3.8) is 0 Å². The monoisotopic (exact) mass is 229 g/mol. The second-order valence-corrected chi connectivity index (χ2v) is 4.65. The minimum atomic E-state index is 0.924. The number of morpholine rings is 1. The quantitative estimate of drug-likeness (QED) is 0.639. The molecule has 0 atom stereocenters. The Hall–Kier alpha value is -0.160. The van der Waals surface area contributed by atoms with E-state index in [0.717, 1.165) is 26.3 Å². The lowest BCUT2D eigenvalue weighted by atomic mass is 10.4. The van der Waals surface area contributed by atoms with Crippen LogP contribution >= 0.6 is 0 Å². The molecule has 0 amide bonds. The van der Waals surface area contributed by atoms with E-state index in [1.165, 1.54) is 32.7 Å². The Labute approximate surface area is 100 Å². The highest BCUT2D eigenvalue weighted by atomic mass is 16.5. The summed E-state index contributed by atoms with van der Waals surface area (Å²) >= 11 is 0. The van der Waals surface area contributed by atoms with Crippen LogP contribution in [0.1, 0.15) is 6.92 Å². The predicted molar refractivity (Wildman–Crippen MR) is 67.9 cm³/mol. The number of piperazine rings is 1. The fourth-order valence-corrected chi connectivity index (χ4v) is 1.82. The highest BCUT2D eigenvalue weighted by molar-refractivity contribution is 4.64. The molecule has 0 aromatic heterocycles. The van der Waals surface area contributed by atoms with Crippen molar-refractivity contribution in [1.82, 2.24) is 14.7 Å². The highest BCUT2D eigenvalue weighted by Gasteiger charge is 2.07. The molecular formula is C12H27N3O. The zero-order valence-electron chi connectivity index (χ0n) is 11.1. The van der Waals surface area contributed by atoms with Crippen molar-refractivity contribution >= 4 is 0 Å². The molecule has 0 aromatic rings. The van der Waals surface area contributed by atoms with E-state index in [1.807, 2.05) is 0 Å². The summed E-state index contributed by atoms with van der Waals surface area (Å²) < 4.78 is 5.16. The first-order valence-electron chi connectivity index (χ1n) is 6.39. The van der Waals surface area contributed by atoms with Gasteiger partial charge in [-0.2, -0.15) is 0 Å². The van der Waals surface area contributed by atoms with Crippen LogP contribution in [0.25, 0.3) is 0 Å². The van der Waals surface area contributed by atoms with Gasteiger partial charge in [-0.15, -0.1) is 0 Å². The number of rotatable bonds is 1. The van der Waals surface area contributed by atoms with Crippen molar-refractivity contribution in [3.05, 3.63) is 0 Å². The SMILES string of the molecule is CCN1CCOCC1.CN1CCN(C)CC1. The summed E-state index contributed by atoms with van der Waals surface area (Å²) in [5.41, 5.74) is 0. The summed E-state index contributed by atoms with van der Waals surface area (Å²) in [5, 5.41) is 0. The molecule has 0 radical (unpaired) electrons. The lowest BCUT2D eigenvalue weighted by Gasteiger charge is -2.28. The van der Waals surface area contributed by atoms with Gasteiger partial charge < -0.3 is 14.5 Å². The summed E-state index contributed by atoms with van der Waals surface area (Å²) in [5.74, 6) is 0. The molecule has 2 aliphatic rings. The van der Waals surface area contributed by atoms with Crippen LogP contribution in [-0.2, 0) is 4.74 Å². The fourth-order valence-electron chi connectivity index (χ4n) is 1.82. The Balaban J connectivity index is 0.000000160. The zero-order chi connectivity index (χ0) is 11.8. The Kier molecular flexibility index (Phi) is 6.96. The number of hydrogen-bond acceptors (Lipinski definition) is 4. The van der Waals surface area contributed by atoms with Crippen LogP contribution in [-0.4, -0.2) is 87.8 Å². The average molecular weight is 229 g/mol. The van der Waals surface area contributed by atoms with Crippen LogP contribution < -0.4 is 0 Å². The van der Waals surface area contributed by atoms with Gasteiger partial charge in [0.2, 0.25) is 0 Å². The predicted octanol–water partition coefficient (Wildman–Crippen LogP) is 0.202. The van der Waals surface area contributed by atoms with Crippen molar-refractivity contribution in [2.24, 2.45) is 0 Å². The molecule has 96 valence electrons. The van der Waals surface area contributed by atoms with Crippen LogP contribution in [0.5, 0.6) is 0 Å². The van der Waals surface area contributed by atoms with E-state index in [9.17, 15) is 0 Å². The van der Waals surface area contributed by atoms with E-state index in [2.05, 4.69) is 35.7 Å². The molecule has 2 aliphatic heterocycles. The molecule has 0 saturated carbocycles. The molecule has 0 bridgehead atoms.